The summed E-state index contributed by atoms with van der Waals surface area (Å²) in [6.07, 6.45) is 4.11. The van der Waals surface area contributed by atoms with Gasteiger partial charge in [0.2, 0.25) is 16.8 Å². The predicted octanol–water partition coefficient (Wildman–Crippen LogP) is 3.33. The lowest BCUT2D eigenvalue weighted by Crippen LogP contribution is -2.56. The van der Waals surface area contributed by atoms with Crippen LogP contribution in [0.5, 0.6) is 0 Å². The minimum absolute atomic E-state index is 0.0718. The van der Waals surface area contributed by atoms with Crippen molar-refractivity contribution in [3.63, 3.8) is 0 Å². The van der Waals surface area contributed by atoms with E-state index in [1.165, 1.54) is 28.6 Å². The van der Waals surface area contributed by atoms with Crippen molar-refractivity contribution >= 4 is 21.9 Å². The molecule has 0 radical (unpaired) electrons. The topological polar surface area (TPSA) is 97.1 Å². The van der Waals surface area contributed by atoms with Crippen LogP contribution < -0.4 is 0 Å². The zero-order valence-electron chi connectivity index (χ0n) is 19.2. The molecular weight excluding hydrogens is 463 g/mol. The van der Waals surface area contributed by atoms with Crippen molar-refractivity contribution in [1.82, 2.24) is 9.21 Å². The highest BCUT2D eigenvalue weighted by Gasteiger charge is 2.45. The molecule has 0 spiro atoms. The van der Waals surface area contributed by atoms with Gasteiger partial charge in [0.25, 0.3) is 10.0 Å². The lowest BCUT2D eigenvalue weighted by Gasteiger charge is -2.42. The maximum absolute atomic E-state index is 14.0. The molecule has 4 rings (SSSR count). The fourth-order valence-corrected chi connectivity index (χ4v) is 6.23. The van der Waals surface area contributed by atoms with Crippen molar-refractivity contribution < 1.29 is 31.6 Å². The Bertz CT molecular complexity index is 1150. The van der Waals surface area contributed by atoms with E-state index in [0.717, 1.165) is 19.3 Å². The minimum atomic E-state index is -3.97. The Kier molecular flexibility index (Phi) is 7.09. The number of carbonyl (C=O) groups excluding carboxylic acids is 2. The molecule has 2 heterocycles. The largest absolute Gasteiger partial charge is 0.460 e. The van der Waals surface area contributed by atoms with Gasteiger partial charge in [0, 0.05) is 26.2 Å². The van der Waals surface area contributed by atoms with Gasteiger partial charge < -0.3 is 14.1 Å². The molecule has 34 heavy (non-hydrogen) atoms. The molecule has 1 aromatic heterocycles. The van der Waals surface area contributed by atoms with Crippen LogP contribution in [-0.2, 0) is 25.0 Å². The molecule has 1 saturated carbocycles. The van der Waals surface area contributed by atoms with Crippen molar-refractivity contribution in [2.24, 2.45) is 0 Å². The van der Waals surface area contributed by atoms with E-state index in [9.17, 15) is 22.4 Å². The number of furan rings is 1. The molecule has 0 N–H and O–H groups in total. The highest BCUT2D eigenvalue weighted by Crippen LogP contribution is 2.41. The van der Waals surface area contributed by atoms with Gasteiger partial charge in [-0.15, -0.1) is 0 Å². The summed E-state index contributed by atoms with van der Waals surface area (Å²) in [7, 11) is -3.97. The number of benzene rings is 1. The van der Waals surface area contributed by atoms with E-state index in [0.29, 0.717) is 18.4 Å². The summed E-state index contributed by atoms with van der Waals surface area (Å²) in [6.45, 7) is 2.44. The summed E-state index contributed by atoms with van der Waals surface area (Å²) in [5.41, 5.74) is -0.0916. The number of hydrogen-bond acceptors (Lipinski definition) is 6. The highest BCUT2D eigenvalue weighted by molar-refractivity contribution is 7.89. The Balaban J connectivity index is 1.48. The number of hydrogen-bond donors (Lipinski definition) is 0. The molecule has 0 unspecified atom stereocenters. The smallest absolute Gasteiger partial charge is 0.374 e. The van der Waals surface area contributed by atoms with Crippen LogP contribution in [0, 0.1) is 5.82 Å². The Labute approximate surface area is 198 Å². The Morgan fingerprint density at radius 2 is 1.76 bits per heavy atom. The third-order valence-corrected chi connectivity index (χ3v) is 8.44. The van der Waals surface area contributed by atoms with Crippen LogP contribution in [0.15, 0.2) is 45.9 Å². The SMILES string of the molecule is CCOC(=O)c1ccc(S(=O)(=O)N2CCN(C(=O)C3(c4cccc(F)c4)CCCCC3)CC2)o1. The number of carbonyl (C=O) groups is 2. The van der Waals surface area contributed by atoms with Crippen LogP contribution in [0.2, 0.25) is 0 Å². The van der Waals surface area contributed by atoms with Crippen LogP contribution >= 0.6 is 0 Å². The number of ether oxygens (including phenoxy) is 1. The zero-order valence-corrected chi connectivity index (χ0v) is 20.0. The van der Waals surface area contributed by atoms with Gasteiger partial charge in [-0.1, -0.05) is 31.4 Å². The summed E-state index contributed by atoms with van der Waals surface area (Å²) >= 11 is 0. The van der Waals surface area contributed by atoms with Gasteiger partial charge in [-0.05, 0) is 49.6 Å². The lowest BCUT2D eigenvalue weighted by atomic mass is 9.68. The van der Waals surface area contributed by atoms with Gasteiger partial charge in [0.15, 0.2) is 0 Å². The number of nitrogens with zero attached hydrogens (tertiary/aromatic N) is 2. The third-order valence-electron chi connectivity index (χ3n) is 6.67. The molecule has 2 fully saturated rings. The van der Waals surface area contributed by atoms with Crippen molar-refractivity contribution in [2.75, 3.05) is 32.8 Å². The maximum Gasteiger partial charge on any atom is 0.374 e. The molecule has 1 aliphatic carbocycles. The number of halogens is 1. The predicted molar refractivity (Wildman–Crippen MR) is 121 cm³/mol. The fourth-order valence-electron chi connectivity index (χ4n) is 4.90. The Hall–Kier alpha value is -2.72. The third kappa shape index (κ3) is 4.61. The monoisotopic (exact) mass is 492 g/mol. The maximum atomic E-state index is 14.0. The van der Waals surface area contributed by atoms with Gasteiger partial charge >= 0.3 is 5.97 Å². The summed E-state index contributed by atoms with van der Waals surface area (Å²) in [5, 5.41) is -0.334. The first-order chi connectivity index (χ1) is 16.3. The van der Waals surface area contributed by atoms with Crippen molar-refractivity contribution in [3.8, 4) is 0 Å². The fraction of sp³-hybridized carbons (Fsp3) is 0.500. The van der Waals surface area contributed by atoms with Crippen LogP contribution in [0.25, 0.3) is 0 Å². The van der Waals surface area contributed by atoms with Gasteiger partial charge in [-0.25, -0.2) is 17.6 Å². The Morgan fingerprint density at radius 3 is 2.41 bits per heavy atom. The van der Waals surface area contributed by atoms with Gasteiger partial charge in [0.05, 0.1) is 12.0 Å². The van der Waals surface area contributed by atoms with Crippen LogP contribution in [0.1, 0.15) is 55.1 Å². The number of esters is 1. The summed E-state index contributed by atoms with van der Waals surface area (Å²) in [4.78, 5) is 27.2. The molecule has 1 aliphatic heterocycles. The number of rotatable bonds is 6. The van der Waals surface area contributed by atoms with Crippen LogP contribution in [-0.4, -0.2) is 62.3 Å². The molecular formula is C24H29FN2O6S. The first kappa shape index (κ1) is 24.4. The van der Waals surface area contributed by atoms with Crippen molar-refractivity contribution in [2.45, 2.75) is 49.5 Å². The Morgan fingerprint density at radius 1 is 1.06 bits per heavy atom. The minimum Gasteiger partial charge on any atom is -0.460 e. The van der Waals surface area contributed by atoms with E-state index in [4.69, 9.17) is 9.15 Å². The molecule has 1 saturated heterocycles. The summed E-state index contributed by atoms with van der Waals surface area (Å²) in [5.74, 6) is -1.35. The summed E-state index contributed by atoms with van der Waals surface area (Å²) in [6, 6.07) is 8.77. The standard InChI is InChI=1S/C24H29FN2O6S/c1-2-32-22(28)20-9-10-21(33-20)34(30,31)27-15-13-26(14-16-27)23(29)24(11-4-3-5-12-24)18-7-6-8-19(25)17-18/h6-10,17H,2-5,11-16H2,1H3. The summed E-state index contributed by atoms with van der Waals surface area (Å²) < 4.78 is 51.4. The second kappa shape index (κ2) is 9.87. The van der Waals surface area contributed by atoms with E-state index < -0.39 is 21.4 Å². The molecule has 0 atom stereocenters. The second-order valence-electron chi connectivity index (χ2n) is 8.69. The van der Waals surface area contributed by atoms with Crippen LogP contribution in [0.4, 0.5) is 4.39 Å². The molecule has 0 bridgehead atoms. The van der Waals surface area contributed by atoms with Crippen molar-refractivity contribution in [1.29, 1.82) is 0 Å². The van der Waals surface area contributed by atoms with Crippen molar-refractivity contribution in [3.05, 3.63) is 53.5 Å². The average molecular weight is 493 g/mol. The average Bonchev–Trinajstić information content (AvgIpc) is 3.36. The van der Waals surface area contributed by atoms with E-state index in [1.54, 1.807) is 17.9 Å². The molecule has 1 aromatic carbocycles. The van der Waals surface area contributed by atoms with E-state index in [-0.39, 0.29) is 55.4 Å². The molecule has 2 aliphatic rings. The van der Waals surface area contributed by atoms with Gasteiger partial charge in [-0.3, -0.25) is 4.79 Å². The van der Waals surface area contributed by atoms with Gasteiger partial charge in [0.1, 0.15) is 5.82 Å². The number of piperazine rings is 1. The number of sulfonamides is 1. The molecule has 2 aromatic rings. The normalized spacial score (nSPS) is 19.1. The zero-order chi connectivity index (χ0) is 24.3. The first-order valence-corrected chi connectivity index (χ1v) is 13.0. The molecule has 1 amide bonds. The van der Waals surface area contributed by atoms with E-state index >= 15 is 0 Å². The lowest BCUT2D eigenvalue weighted by molar-refractivity contribution is -0.140. The van der Waals surface area contributed by atoms with Crippen LogP contribution in [0.3, 0.4) is 0 Å². The highest BCUT2D eigenvalue weighted by atomic mass is 32.2. The number of amides is 1. The molecule has 10 heteroatoms. The van der Waals surface area contributed by atoms with E-state index in [2.05, 4.69) is 0 Å². The molecule has 184 valence electrons. The second-order valence-corrected chi connectivity index (χ2v) is 10.6. The van der Waals surface area contributed by atoms with E-state index in [1.807, 2.05) is 6.07 Å². The van der Waals surface area contributed by atoms with Gasteiger partial charge in [-0.2, -0.15) is 4.31 Å². The first-order valence-electron chi connectivity index (χ1n) is 11.6. The molecule has 8 nitrogen and oxygen atoms in total. The quantitative estimate of drug-likeness (QED) is 0.574.